The molecule has 1 saturated heterocycles. The fourth-order valence-corrected chi connectivity index (χ4v) is 4.79. The molecule has 1 aromatic heterocycles. The van der Waals surface area contributed by atoms with E-state index in [-0.39, 0.29) is 23.1 Å². The molecule has 2 heterocycles. The fourth-order valence-electron chi connectivity index (χ4n) is 4.79. The number of likely N-dealkylation sites (tertiary alicyclic amines) is 1. The SMILES string of the molecule is Cc1cc(C)c2oc(C(=O)NC[C@H](c3ccc(C(C)C)cc3)N3CCCCC3)cc(=O)c2c1. The molecule has 4 rings (SSSR count). The summed E-state index contributed by atoms with van der Waals surface area (Å²) in [5, 5.41) is 3.56. The summed E-state index contributed by atoms with van der Waals surface area (Å²) in [5.41, 5.74) is 4.65. The molecule has 1 amide bonds. The maximum absolute atomic E-state index is 13.0. The molecule has 5 nitrogen and oxygen atoms in total. The summed E-state index contributed by atoms with van der Waals surface area (Å²) in [6, 6.07) is 13.9. The molecule has 1 N–H and O–H groups in total. The van der Waals surface area contributed by atoms with Crippen molar-refractivity contribution >= 4 is 16.9 Å². The first kappa shape index (κ1) is 23.2. The van der Waals surface area contributed by atoms with Gasteiger partial charge in [-0.1, -0.05) is 50.6 Å². The van der Waals surface area contributed by atoms with Crippen LogP contribution in [-0.2, 0) is 0 Å². The minimum absolute atomic E-state index is 0.0620. The Morgan fingerprint density at radius 3 is 2.33 bits per heavy atom. The average Bonchev–Trinajstić information content (AvgIpc) is 2.80. The summed E-state index contributed by atoms with van der Waals surface area (Å²) < 4.78 is 5.89. The van der Waals surface area contributed by atoms with Crippen LogP contribution >= 0.6 is 0 Å². The van der Waals surface area contributed by atoms with Crippen LogP contribution in [0.2, 0.25) is 0 Å². The number of nitrogens with one attached hydrogen (secondary N) is 1. The van der Waals surface area contributed by atoms with Crippen molar-refractivity contribution in [2.75, 3.05) is 19.6 Å². The second kappa shape index (κ2) is 9.92. The van der Waals surface area contributed by atoms with Gasteiger partial charge in [0, 0.05) is 12.6 Å². The van der Waals surface area contributed by atoms with Crippen LogP contribution in [0.15, 0.2) is 51.7 Å². The lowest BCUT2D eigenvalue weighted by Gasteiger charge is -2.35. The molecule has 0 bridgehead atoms. The molecule has 2 aromatic carbocycles. The summed E-state index contributed by atoms with van der Waals surface area (Å²) >= 11 is 0. The molecule has 33 heavy (non-hydrogen) atoms. The van der Waals surface area contributed by atoms with Crippen LogP contribution in [0.5, 0.6) is 0 Å². The number of nitrogens with zero attached hydrogens (tertiary/aromatic N) is 1. The van der Waals surface area contributed by atoms with Gasteiger partial charge >= 0.3 is 0 Å². The smallest absolute Gasteiger partial charge is 0.287 e. The van der Waals surface area contributed by atoms with Gasteiger partial charge in [-0.15, -0.1) is 0 Å². The third-order valence-corrected chi connectivity index (χ3v) is 6.66. The lowest BCUT2D eigenvalue weighted by molar-refractivity contribution is 0.0897. The van der Waals surface area contributed by atoms with Crippen LogP contribution in [0.25, 0.3) is 11.0 Å². The van der Waals surface area contributed by atoms with Gasteiger partial charge in [0.15, 0.2) is 11.2 Å². The van der Waals surface area contributed by atoms with Crippen molar-refractivity contribution in [3.63, 3.8) is 0 Å². The highest BCUT2D eigenvalue weighted by Crippen LogP contribution is 2.26. The molecular weight excluding hydrogens is 412 g/mol. The largest absolute Gasteiger partial charge is 0.450 e. The van der Waals surface area contributed by atoms with Crippen molar-refractivity contribution < 1.29 is 9.21 Å². The number of hydrogen-bond donors (Lipinski definition) is 1. The van der Waals surface area contributed by atoms with Crippen LogP contribution in [0.1, 0.15) is 77.9 Å². The number of rotatable bonds is 6. The minimum Gasteiger partial charge on any atom is -0.450 e. The van der Waals surface area contributed by atoms with E-state index in [1.807, 2.05) is 26.0 Å². The first-order valence-corrected chi connectivity index (χ1v) is 12.0. The predicted octanol–water partition coefficient (Wildman–Crippen LogP) is 5.49. The minimum atomic E-state index is -0.352. The molecule has 0 radical (unpaired) electrons. The first-order chi connectivity index (χ1) is 15.8. The number of fused-ring (bicyclic) bond motifs is 1. The van der Waals surface area contributed by atoms with E-state index in [2.05, 4.69) is 48.3 Å². The zero-order chi connectivity index (χ0) is 23.5. The Balaban J connectivity index is 1.57. The number of piperidine rings is 1. The van der Waals surface area contributed by atoms with Crippen LogP contribution in [0.3, 0.4) is 0 Å². The summed E-state index contributed by atoms with van der Waals surface area (Å²) in [7, 11) is 0. The summed E-state index contributed by atoms with van der Waals surface area (Å²) in [6.45, 7) is 10.7. The molecule has 0 aliphatic carbocycles. The van der Waals surface area contributed by atoms with Crippen LogP contribution in [0.4, 0.5) is 0 Å². The van der Waals surface area contributed by atoms with E-state index in [9.17, 15) is 9.59 Å². The van der Waals surface area contributed by atoms with E-state index in [4.69, 9.17) is 4.42 Å². The van der Waals surface area contributed by atoms with Gasteiger partial charge in [-0.3, -0.25) is 14.5 Å². The first-order valence-electron chi connectivity index (χ1n) is 12.0. The van der Waals surface area contributed by atoms with E-state index in [1.54, 1.807) is 0 Å². The molecule has 174 valence electrons. The molecule has 1 aliphatic rings. The molecule has 0 saturated carbocycles. The molecule has 1 aliphatic heterocycles. The third-order valence-electron chi connectivity index (χ3n) is 6.66. The van der Waals surface area contributed by atoms with Crippen molar-refractivity contribution in [1.29, 1.82) is 0 Å². The number of amides is 1. The standard InChI is InChI=1S/C28H34N2O3/c1-18(2)21-8-10-22(11-9-21)24(30-12-6-5-7-13-30)17-29-28(32)26-16-25(31)23-15-19(3)14-20(4)27(23)33-26/h8-11,14-16,18,24H,5-7,12-13,17H2,1-4H3,(H,29,32)/t24-/m1/s1. The highest BCUT2D eigenvalue weighted by atomic mass is 16.3. The average molecular weight is 447 g/mol. The number of hydrogen-bond acceptors (Lipinski definition) is 4. The van der Waals surface area contributed by atoms with Crippen molar-refractivity contribution in [2.24, 2.45) is 0 Å². The van der Waals surface area contributed by atoms with Crippen molar-refractivity contribution in [2.45, 2.75) is 58.9 Å². The maximum Gasteiger partial charge on any atom is 0.287 e. The monoisotopic (exact) mass is 446 g/mol. The van der Waals surface area contributed by atoms with Crippen LogP contribution < -0.4 is 10.7 Å². The Bertz CT molecular complexity index is 1190. The molecule has 3 aromatic rings. The van der Waals surface area contributed by atoms with E-state index in [0.717, 1.165) is 24.2 Å². The molecule has 1 fully saturated rings. The summed E-state index contributed by atoms with van der Waals surface area (Å²) in [4.78, 5) is 28.1. The Labute approximate surface area is 195 Å². The van der Waals surface area contributed by atoms with Crippen molar-refractivity contribution in [3.8, 4) is 0 Å². The Morgan fingerprint density at radius 2 is 1.67 bits per heavy atom. The zero-order valence-corrected chi connectivity index (χ0v) is 20.1. The highest BCUT2D eigenvalue weighted by molar-refractivity contribution is 5.93. The normalized spacial score (nSPS) is 15.7. The number of aryl methyl sites for hydroxylation is 2. The second-order valence-electron chi connectivity index (χ2n) is 9.58. The van der Waals surface area contributed by atoms with Crippen LogP contribution in [0, 0.1) is 13.8 Å². The van der Waals surface area contributed by atoms with E-state index >= 15 is 0 Å². The molecule has 0 unspecified atom stereocenters. The number of carbonyl (C=O) groups is 1. The van der Waals surface area contributed by atoms with Crippen LogP contribution in [-0.4, -0.2) is 30.4 Å². The lowest BCUT2D eigenvalue weighted by atomic mass is 9.97. The highest BCUT2D eigenvalue weighted by Gasteiger charge is 2.24. The van der Waals surface area contributed by atoms with E-state index in [1.165, 1.54) is 36.5 Å². The second-order valence-corrected chi connectivity index (χ2v) is 9.58. The van der Waals surface area contributed by atoms with Crippen molar-refractivity contribution in [1.82, 2.24) is 10.2 Å². The predicted molar refractivity (Wildman–Crippen MR) is 133 cm³/mol. The van der Waals surface area contributed by atoms with Gasteiger partial charge in [0.25, 0.3) is 5.91 Å². The zero-order valence-electron chi connectivity index (χ0n) is 20.1. The molecule has 5 heteroatoms. The molecular formula is C28H34N2O3. The Hall–Kier alpha value is -2.92. The summed E-state index contributed by atoms with van der Waals surface area (Å²) in [6.07, 6.45) is 3.60. The fraction of sp³-hybridized carbons (Fsp3) is 0.429. The van der Waals surface area contributed by atoms with Gasteiger partial charge < -0.3 is 9.73 Å². The Morgan fingerprint density at radius 1 is 1.00 bits per heavy atom. The maximum atomic E-state index is 13.0. The van der Waals surface area contributed by atoms with Gasteiger partial charge in [0.05, 0.1) is 11.4 Å². The van der Waals surface area contributed by atoms with Gasteiger partial charge in [0.1, 0.15) is 5.58 Å². The van der Waals surface area contributed by atoms with E-state index < -0.39 is 0 Å². The van der Waals surface area contributed by atoms with Gasteiger partial charge in [-0.2, -0.15) is 0 Å². The van der Waals surface area contributed by atoms with Gasteiger partial charge in [-0.05, 0) is 74.0 Å². The van der Waals surface area contributed by atoms with Gasteiger partial charge in [0.2, 0.25) is 0 Å². The Kier molecular flexibility index (Phi) is 6.99. The number of carbonyl (C=O) groups excluding carboxylic acids is 1. The molecule has 0 spiro atoms. The van der Waals surface area contributed by atoms with Crippen molar-refractivity contribution in [3.05, 3.63) is 80.7 Å². The third kappa shape index (κ3) is 5.19. The van der Waals surface area contributed by atoms with E-state index in [0.29, 0.717) is 23.4 Å². The topological polar surface area (TPSA) is 62.6 Å². The quantitative estimate of drug-likeness (QED) is 0.544. The lowest BCUT2D eigenvalue weighted by Crippen LogP contribution is -2.40. The molecule has 1 atom stereocenters. The van der Waals surface area contributed by atoms with Gasteiger partial charge in [-0.25, -0.2) is 0 Å². The number of benzene rings is 2. The summed E-state index contributed by atoms with van der Waals surface area (Å²) in [5.74, 6) is 0.192.